The predicted octanol–water partition coefficient (Wildman–Crippen LogP) is 13.5. The van der Waals surface area contributed by atoms with Crippen LogP contribution in [0.25, 0.3) is 0 Å². The number of amides is 6. The third-order valence-corrected chi connectivity index (χ3v) is 25.7. The van der Waals surface area contributed by atoms with Gasteiger partial charge in [0, 0.05) is 160 Å². The second-order valence-corrected chi connectivity index (χ2v) is 37.4. The number of carbonyl (C=O) groups is 6. The van der Waals surface area contributed by atoms with Gasteiger partial charge in [0.15, 0.2) is 47.0 Å². The van der Waals surface area contributed by atoms with Crippen LogP contribution in [0.4, 0.5) is 34.5 Å². The molecule has 6 heterocycles. The standard InChI is InChI=1S/C28H37ClN4O4S.C27H35ClN4O4S.C24H29ClN4O4S/c1-19(21-7-4-3-5-8-21)31-26(34)15-20-11-13-33(14-12-20)27-25(17-24(18-30-27)38(2,36)37)32-28(35)22-9-6-10-23(29)16-22;1-31(22-9-4-3-5-10-22)25(33)15-19-11-13-32(14-12-19)26-24(17-23(18-29-26)37(2,35)36)30-27(34)20-7-6-8-21(28)16-20;1-28(19-6-7-19)22(30)12-16-8-10-29(11-9-16)23-21(14-20(15-26-23)34(2,32)33)27-24(31)17-4-3-5-18(25)13-17/h6,9-10,16-21H,3-5,7-8,11-15H2,1-2H3,(H,31,34)(H,32,35);6-8,16-19,22H,3-5,9-15H2,1-2H3,(H,30,34);3-5,13-16,19H,6-12H2,1-2H3,(H,27,31)/t19-;;/m0../s1. The molecule has 3 saturated heterocycles. The lowest BCUT2D eigenvalue weighted by Crippen LogP contribution is -2.41. The van der Waals surface area contributed by atoms with Gasteiger partial charge in [0.25, 0.3) is 17.7 Å². The molecule has 24 nitrogen and oxygen atoms in total. The molecule has 3 aromatic heterocycles. The van der Waals surface area contributed by atoms with Gasteiger partial charge in [-0.2, -0.15) is 0 Å². The van der Waals surface area contributed by atoms with Crippen molar-refractivity contribution in [3.63, 3.8) is 0 Å². The highest BCUT2D eigenvalue weighted by Crippen LogP contribution is 2.37. The Balaban J connectivity index is 0.000000174. The summed E-state index contributed by atoms with van der Waals surface area (Å²) >= 11 is 18.1. The van der Waals surface area contributed by atoms with Crippen molar-refractivity contribution in [1.82, 2.24) is 30.1 Å². The first kappa shape index (κ1) is 83.5. The highest BCUT2D eigenvalue weighted by atomic mass is 35.5. The molecule has 0 spiro atoms. The molecule has 0 unspecified atom stereocenters. The maximum absolute atomic E-state index is 12.9. The van der Waals surface area contributed by atoms with Crippen LogP contribution < -0.4 is 36.0 Å². The normalized spacial score (nSPS) is 17.5. The number of piperidine rings is 3. The number of pyridine rings is 3. The van der Waals surface area contributed by atoms with Crippen LogP contribution >= 0.6 is 34.8 Å². The van der Waals surface area contributed by atoms with Gasteiger partial charge < -0.3 is 45.8 Å². The largest absolute Gasteiger partial charge is 0.355 e. The Kier molecular flexibility index (Phi) is 29.0. The lowest BCUT2D eigenvalue weighted by Gasteiger charge is -2.36. The SMILES string of the molecule is CN(C(=O)CC1CCN(c2ncc(S(C)(=O)=O)cc2NC(=O)c2cccc(Cl)c2)CC1)C1CC1.CN(C(=O)CC1CCN(c2ncc(S(C)(=O)=O)cc2NC(=O)c2cccc(Cl)c2)CC1)C1CCCCC1.C[C@H](NC(=O)CC1CCN(c2ncc(S(C)(=O)=O)cc2NC(=O)c2cccc(Cl)c2)CC1)C1CCCCC1. The molecule has 3 aromatic carbocycles. The van der Waals surface area contributed by atoms with Crippen LogP contribution in [0.5, 0.6) is 0 Å². The molecule has 30 heteroatoms. The molecule has 4 N–H and O–H groups in total. The fraction of sp³-hybridized carbons (Fsp3) is 0.506. The quantitative estimate of drug-likeness (QED) is 0.0491. The lowest BCUT2D eigenvalue weighted by molar-refractivity contribution is -0.134. The topological polar surface area (TPSA) is 308 Å². The fourth-order valence-electron chi connectivity index (χ4n) is 14.9. The Hall–Kier alpha value is -7.95. The van der Waals surface area contributed by atoms with E-state index < -0.39 is 47.2 Å². The molecule has 12 rings (SSSR count). The molecule has 6 fully saturated rings. The first-order valence-corrected chi connectivity index (χ1v) is 44.5. The van der Waals surface area contributed by atoms with Gasteiger partial charge in [-0.25, -0.2) is 40.2 Å². The van der Waals surface area contributed by atoms with Crippen molar-refractivity contribution in [1.29, 1.82) is 0 Å². The molecule has 6 aliphatic rings. The summed E-state index contributed by atoms with van der Waals surface area (Å²) in [5.41, 5.74) is 2.08. The zero-order valence-corrected chi connectivity index (χ0v) is 67.6. The molecule has 6 aromatic rings. The van der Waals surface area contributed by atoms with Crippen molar-refractivity contribution in [2.24, 2.45) is 23.7 Å². The highest BCUT2D eigenvalue weighted by molar-refractivity contribution is 7.91. The van der Waals surface area contributed by atoms with Crippen molar-refractivity contribution in [2.45, 2.75) is 175 Å². The van der Waals surface area contributed by atoms with Gasteiger partial charge >= 0.3 is 0 Å². The number of nitrogens with one attached hydrogen (secondary N) is 4. The number of halogens is 3. The summed E-state index contributed by atoms with van der Waals surface area (Å²) in [6.07, 6.45) is 28.0. The van der Waals surface area contributed by atoms with Crippen LogP contribution in [-0.4, -0.2) is 176 Å². The van der Waals surface area contributed by atoms with E-state index in [4.69, 9.17) is 34.8 Å². The summed E-state index contributed by atoms with van der Waals surface area (Å²) in [7, 11) is -6.72. The summed E-state index contributed by atoms with van der Waals surface area (Å²) in [6.45, 7) is 6.09. The van der Waals surface area contributed by atoms with E-state index in [0.29, 0.717) is 149 Å². The van der Waals surface area contributed by atoms with Gasteiger partial charge in [-0.1, -0.05) is 91.5 Å². The number of aromatic nitrogens is 3. The fourth-order valence-corrected chi connectivity index (χ4v) is 17.2. The first-order valence-electron chi connectivity index (χ1n) is 37.7. The molecule has 1 atom stereocenters. The second kappa shape index (κ2) is 37.8. The van der Waals surface area contributed by atoms with Crippen molar-refractivity contribution in [2.75, 3.05) is 103 Å². The van der Waals surface area contributed by atoms with E-state index in [1.165, 1.54) is 88.2 Å². The monoisotopic (exact) mass is 1610 g/mol. The summed E-state index contributed by atoms with van der Waals surface area (Å²) in [5.74, 6) is 2.31. The zero-order valence-electron chi connectivity index (χ0n) is 62.9. The molecular formula is C79H101Cl3N12O12S3. The van der Waals surface area contributed by atoms with Crippen LogP contribution in [-0.2, 0) is 43.9 Å². The third kappa shape index (κ3) is 24.0. The van der Waals surface area contributed by atoms with E-state index in [0.717, 1.165) is 83.0 Å². The van der Waals surface area contributed by atoms with Crippen molar-refractivity contribution in [3.8, 4) is 0 Å². The Bertz CT molecular complexity index is 4600. The Morgan fingerprint density at radius 2 is 0.734 bits per heavy atom. The van der Waals surface area contributed by atoms with Gasteiger partial charge in [0.1, 0.15) is 0 Å². The van der Waals surface area contributed by atoms with Gasteiger partial charge in [0.2, 0.25) is 17.7 Å². The van der Waals surface area contributed by atoms with Crippen LogP contribution in [0, 0.1) is 23.7 Å². The molecule has 3 aliphatic heterocycles. The van der Waals surface area contributed by atoms with Crippen molar-refractivity contribution >= 4 is 134 Å². The Morgan fingerprint density at radius 3 is 1.04 bits per heavy atom. The maximum atomic E-state index is 12.9. The number of nitrogens with zero attached hydrogens (tertiary/aromatic N) is 8. The van der Waals surface area contributed by atoms with Gasteiger partial charge in [-0.15, -0.1) is 0 Å². The average molecular weight is 1610 g/mol. The number of hydrogen-bond acceptors (Lipinski definition) is 18. The number of sulfone groups is 3. The van der Waals surface area contributed by atoms with Crippen molar-refractivity contribution < 1.29 is 54.0 Å². The van der Waals surface area contributed by atoms with E-state index in [9.17, 15) is 54.0 Å². The summed E-state index contributed by atoms with van der Waals surface area (Å²) in [4.78, 5) is 100. The molecule has 0 bridgehead atoms. The lowest BCUT2D eigenvalue weighted by atomic mass is 9.84. The van der Waals surface area contributed by atoms with E-state index in [2.05, 4.69) is 43.1 Å². The highest BCUT2D eigenvalue weighted by Gasteiger charge is 2.34. The minimum atomic E-state index is -3.52. The van der Waals surface area contributed by atoms with Crippen LogP contribution in [0.2, 0.25) is 15.1 Å². The van der Waals surface area contributed by atoms with Gasteiger partial charge in [-0.05, 0) is 180 Å². The summed E-state index contributed by atoms with van der Waals surface area (Å²) in [5, 5.41) is 13.0. The van der Waals surface area contributed by atoms with E-state index in [1.54, 1.807) is 72.8 Å². The second-order valence-electron chi connectivity index (χ2n) is 30.0. The van der Waals surface area contributed by atoms with E-state index in [-0.39, 0.29) is 50.3 Å². The number of rotatable bonds is 22. The molecule has 3 saturated carbocycles. The molecular weight excluding hydrogens is 1510 g/mol. The number of carbonyl (C=O) groups excluding carboxylic acids is 6. The average Bonchev–Trinajstić information content (AvgIpc) is 1.60. The zero-order chi connectivity index (χ0) is 78.3. The summed E-state index contributed by atoms with van der Waals surface area (Å²) < 4.78 is 72.9. The van der Waals surface area contributed by atoms with Gasteiger partial charge in [-0.3, -0.25) is 28.8 Å². The molecule has 109 heavy (non-hydrogen) atoms. The van der Waals surface area contributed by atoms with Crippen LogP contribution in [0.3, 0.4) is 0 Å². The maximum Gasteiger partial charge on any atom is 0.255 e. The Morgan fingerprint density at radius 1 is 0.431 bits per heavy atom. The molecule has 3 aliphatic carbocycles. The predicted molar refractivity (Wildman–Crippen MR) is 429 cm³/mol. The van der Waals surface area contributed by atoms with Gasteiger partial charge in [0.05, 0.1) is 31.7 Å². The van der Waals surface area contributed by atoms with Crippen molar-refractivity contribution in [3.05, 3.63) is 141 Å². The molecule has 6 amide bonds. The number of anilines is 6. The third-order valence-electron chi connectivity index (χ3n) is 21.7. The molecule has 0 radical (unpaired) electrons. The number of hydrogen-bond donors (Lipinski definition) is 4. The van der Waals surface area contributed by atoms with E-state index in [1.807, 2.05) is 38.6 Å². The van der Waals surface area contributed by atoms with Crippen LogP contribution in [0.1, 0.15) is 173 Å². The summed E-state index contributed by atoms with van der Waals surface area (Å²) in [6, 6.07) is 25.0. The first-order chi connectivity index (χ1) is 51.8. The minimum Gasteiger partial charge on any atom is -0.355 e. The minimum absolute atomic E-state index is 0.0289. The molecule has 588 valence electrons. The van der Waals surface area contributed by atoms with E-state index >= 15 is 0 Å². The Labute approximate surface area is 656 Å². The number of benzene rings is 3. The smallest absolute Gasteiger partial charge is 0.255 e. The van der Waals surface area contributed by atoms with Crippen LogP contribution in [0.15, 0.2) is 124 Å².